The number of rotatable bonds is 5. The van der Waals surface area contributed by atoms with Gasteiger partial charge in [0.2, 0.25) is 5.91 Å². The molecular formula is C17H19N3OS. The molecule has 114 valence electrons. The molecule has 1 aliphatic rings. The Balaban J connectivity index is 1.77. The van der Waals surface area contributed by atoms with Crippen molar-refractivity contribution < 1.29 is 4.79 Å². The van der Waals surface area contributed by atoms with Gasteiger partial charge in [0.1, 0.15) is 0 Å². The molecule has 0 saturated carbocycles. The van der Waals surface area contributed by atoms with Crippen LogP contribution in [0, 0.1) is 0 Å². The van der Waals surface area contributed by atoms with Crippen LogP contribution in [0.3, 0.4) is 0 Å². The van der Waals surface area contributed by atoms with Crippen molar-refractivity contribution >= 4 is 23.4 Å². The molecule has 1 unspecified atom stereocenters. The van der Waals surface area contributed by atoms with Gasteiger partial charge in [0, 0.05) is 30.4 Å². The number of benzene rings is 1. The van der Waals surface area contributed by atoms with Crippen LogP contribution in [0.5, 0.6) is 0 Å². The molecule has 0 aliphatic carbocycles. The molecule has 4 nitrogen and oxygen atoms in total. The van der Waals surface area contributed by atoms with Crippen molar-refractivity contribution in [1.29, 1.82) is 0 Å². The second kappa shape index (κ2) is 7.42. The summed E-state index contributed by atoms with van der Waals surface area (Å²) in [5.74, 6) is 1.22. The Morgan fingerprint density at radius 2 is 2.00 bits per heavy atom. The van der Waals surface area contributed by atoms with Gasteiger partial charge >= 0.3 is 0 Å². The van der Waals surface area contributed by atoms with E-state index in [1.165, 1.54) is 0 Å². The first-order valence-corrected chi connectivity index (χ1v) is 8.47. The quantitative estimate of drug-likeness (QED) is 0.922. The predicted molar refractivity (Wildman–Crippen MR) is 90.7 cm³/mol. The van der Waals surface area contributed by atoms with Crippen LogP contribution < -0.4 is 10.2 Å². The lowest BCUT2D eigenvalue weighted by atomic mass is 10.2. The molecule has 2 heterocycles. The second-order valence-electron chi connectivity index (χ2n) is 5.19. The summed E-state index contributed by atoms with van der Waals surface area (Å²) < 4.78 is 0. The Morgan fingerprint density at radius 1 is 1.23 bits per heavy atom. The number of carbonyl (C=O) groups is 1. The van der Waals surface area contributed by atoms with E-state index < -0.39 is 0 Å². The third-order valence-electron chi connectivity index (χ3n) is 3.61. The summed E-state index contributed by atoms with van der Waals surface area (Å²) in [6.07, 6.45) is 3.96. The Labute approximate surface area is 134 Å². The SMILES string of the molecule is O=C(CC1NCCS1)N(Cc1ccccc1)c1ccncc1. The van der Waals surface area contributed by atoms with Crippen LogP contribution in [-0.2, 0) is 11.3 Å². The monoisotopic (exact) mass is 313 g/mol. The molecule has 1 N–H and O–H groups in total. The van der Waals surface area contributed by atoms with Gasteiger partial charge in [-0.15, -0.1) is 11.8 Å². The predicted octanol–water partition coefficient (Wildman–Crippen LogP) is 2.67. The van der Waals surface area contributed by atoms with Gasteiger partial charge in [-0.3, -0.25) is 9.78 Å². The molecular weight excluding hydrogens is 294 g/mol. The first kappa shape index (κ1) is 15.1. The van der Waals surface area contributed by atoms with Gasteiger partial charge in [-0.25, -0.2) is 0 Å². The van der Waals surface area contributed by atoms with Crippen molar-refractivity contribution in [3.63, 3.8) is 0 Å². The zero-order valence-electron chi connectivity index (χ0n) is 12.3. The van der Waals surface area contributed by atoms with E-state index in [0.29, 0.717) is 13.0 Å². The van der Waals surface area contributed by atoms with E-state index in [4.69, 9.17) is 0 Å². The van der Waals surface area contributed by atoms with E-state index in [-0.39, 0.29) is 11.3 Å². The van der Waals surface area contributed by atoms with Crippen molar-refractivity contribution in [2.45, 2.75) is 18.3 Å². The molecule has 1 aromatic heterocycles. The van der Waals surface area contributed by atoms with E-state index in [2.05, 4.69) is 10.3 Å². The van der Waals surface area contributed by atoms with E-state index >= 15 is 0 Å². The van der Waals surface area contributed by atoms with Crippen molar-refractivity contribution in [2.75, 3.05) is 17.2 Å². The lowest BCUT2D eigenvalue weighted by molar-refractivity contribution is -0.118. The molecule has 0 bridgehead atoms. The summed E-state index contributed by atoms with van der Waals surface area (Å²) in [4.78, 5) is 18.6. The van der Waals surface area contributed by atoms with Gasteiger partial charge in [0.25, 0.3) is 0 Å². The highest BCUT2D eigenvalue weighted by atomic mass is 32.2. The number of hydrogen-bond acceptors (Lipinski definition) is 4. The van der Waals surface area contributed by atoms with Gasteiger partial charge in [-0.1, -0.05) is 30.3 Å². The summed E-state index contributed by atoms with van der Waals surface area (Å²) in [6, 6.07) is 13.8. The maximum absolute atomic E-state index is 12.8. The van der Waals surface area contributed by atoms with Gasteiger partial charge in [-0.2, -0.15) is 0 Å². The second-order valence-corrected chi connectivity index (χ2v) is 6.50. The van der Waals surface area contributed by atoms with E-state index in [9.17, 15) is 4.79 Å². The van der Waals surface area contributed by atoms with Gasteiger partial charge in [0.05, 0.1) is 18.3 Å². The fourth-order valence-corrected chi connectivity index (χ4v) is 3.51. The van der Waals surface area contributed by atoms with Crippen LogP contribution in [0.25, 0.3) is 0 Å². The number of amides is 1. The maximum atomic E-state index is 12.8. The molecule has 1 aromatic carbocycles. The summed E-state index contributed by atoms with van der Waals surface area (Å²) in [6.45, 7) is 1.57. The van der Waals surface area contributed by atoms with Crippen LogP contribution in [0.1, 0.15) is 12.0 Å². The first-order chi connectivity index (χ1) is 10.8. The standard InChI is InChI=1S/C17H19N3OS/c21-17(12-16-19-10-11-22-16)20(15-6-8-18-9-7-15)13-14-4-2-1-3-5-14/h1-9,16,19H,10-13H2. The van der Waals surface area contributed by atoms with Gasteiger partial charge in [-0.05, 0) is 17.7 Å². The van der Waals surface area contributed by atoms with Crippen LogP contribution >= 0.6 is 11.8 Å². The van der Waals surface area contributed by atoms with Crippen molar-refractivity contribution in [2.24, 2.45) is 0 Å². The smallest absolute Gasteiger partial charge is 0.229 e. The summed E-state index contributed by atoms with van der Waals surface area (Å²) in [5, 5.41) is 3.59. The summed E-state index contributed by atoms with van der Waals surface area (Å²) in [7, 11) is 0. The van der Waals surface area contributed by atoms with Gasteiger partial charge in [0.15, 0.2) is 0 Å². The van der Waals surface area contributed by atoms with Gasteiger partial charge < -0.3 is 10.2 Å². The first-order valence-electron chi connectivity index (χ1n) is 7.42. The third-order valence-corrected chi connectivity index (χ3v) is 4.79. The van der Waals surface area contributed by atoms with Crippen molar-refractivity contribution in [3.8, 4) is 0 Å². The minimum atomic E-state index is 0.141. The normalized spacial score (nSPS) is 17.4. The average Bonchev–Trinajstić information content (AvgIpc) is 3.07. The highest BCUT2D eigenvalue weighted by Gasteiger charge is 2.23. The topological polar surface area (TPSA) is 45.2 Å². The number of anilines is 1. The number of pyridine rings is 1. The van der Waals surface area contributed by atoms with Crippen molar-refractivity contribution in [1.82, 2.24) is 10.3 Å². The summed E-state index contributed by atoms with van der Waals surface area (Å²) in [5.41, 5.74) is 2.02. The number of carbonyl (C=O) groups excluding carboxylic acids is 1. The molecule has 22 heavy (non-hydrogen) atoms. The lowest BCUT2D eigenvalue weighted by Gasteiger charge is -2.24. The molecule has 1 fully saturated rings. The van der Waals surface area contributed by atoms with Crippen LogP contribution in [0.15, 0.2) is 54.9 Å². The number of thioether (sulfide) groups is 1. The molecule has 1 atom stereocenters. The third kappa shape index (κ3) is 3.87. The highest BCUT2D eigenvalue weighted by molar-refractivity contribution is 8.00. The Bertz CT molecular complexity index is 600. The van der Waals surface area contributed by atoms with E-state index in [1.807, 2.05) is 59.1 Å². The molecule has 2 aromatic rings. The molecule has 3 rings (SSSR count). The summed E-state index contributed by atoms with van der Waals surface area (Å²) >= 11 is 1.82. The number of hydrogen-bond donors (Lipinski definition) is 1. The minimum absolute atomic E-state index is 0.141. The van der Waals surface area contributed by atoms with E-state index in [0.717, 1.165) is 23.5 Å². The lowest BCUT2D eigenvalue weighted by Crippen LogP contribution is -2.34. The fourth-order valence-electron chi connectivity index (χ4n) is 2.49. The van der Waals surface area contributed by atoms with E-state index in [1.54, 1.807) is 12.4 Å². The Morgan fingerprint density at radius 3 is 2.68 bits per heavy atom. The number of nitrogens with zero attached hydrogens (tertiary/aromatic N) is 2. The largest absolute Gasteiger partial charge is 0.308 e. The van der Waals surface area contributed by atoms with Crippen LogP contribution in [-0.4, -0.2) is 28.6 Å². The van der Waals surface area contributed by atoms with Crippen LogP contribution in [0.2, 0.25) is 0 Å². The van der Waals surface area contributed by atoms with Crippen LogP contribution in [0.4, 0.5) is 5.69 Å². The molecule has 1 aliphatic heterocycles. The molecule has 1 amide bonds. The average molecular weight is 313 g/mol. The fraction of sp³-hybridized carbons (Fsp3) is 0.294. The van der Waals surface area contributed by atoms with Crippen molar-refractivity contribution in [3.05, 3.63) is 60.4 Å². The minimum Gasteiger partial charge on any atom is -0.308 e. The maximum Gasteiger partial charge on any atom is 0.229 e. The molecule has 5 heteroatoms. The zero-order chi connectivity index (χ0) is 15.2. The Kier molecular flexibility index (Phi) is 5.08. The molecule has 0 spiro atoms. The zero-order valence-corrected chi connectivity index (χ0v) is 13.1. The molecule has 0 radical (unpaired) electrons. The Hall–Kier alpha value is -1.85. The number of aromatic nitrogens is 1. The number of nitrogens with one attached hydrogen (secondary N) is 1. The highest BCUT2D eigenvalue weighted by Crippen LogP contribution is 2.22. The molecule has 1 saturated heterocycles.